The SMILES string of the molecule is Cc1cc(Br)c(C)c2c1C(C)(C)CC2Cl. The molecule has 0 nitrogen and oxygen atoms in total. The Bertz CT molecular complexity index is 421. The van der Waals surface area contributed by atoms with Crippen LogP contribution in [0.5, 0.6) is 0 Å². The molecule has 0 heterocycles. The minimum Gasteiger partial charge on any atom is -0.118 e. The van der Waals surface area contributed by atoms with Gasteiger partial charge in [0, 0.05) is 4.47 Å². The van der Waals surface area contributed by atoms with Crippen LogP contribution in [-0.2, 0) is 5.41 Å². The number of hydrogen-bond acceptors (Lipinski definition) is 0. The third-order valence-corrected chi connectivity index (χ3v) is 4.64. The van der Waals surface area contributed by atoms with Crippen LogP contribution in [0, 0.1) is 13.8 Å². The molecule has 1 aromatic carbocycles. The molecule has 15 heavy (non-hydrogen) atoms. The first-order valence-corrected chi connectivity index (χ1v) is 6.51. The Morgan fingerprint density at radius 3 is 2.60 bits per heavy atom. The minimum absolute atomic E-state index is 0.172. The molecule has 0 saturated heterocycles. The standard InChI is InChI=1S/C13H16BrCl/c1-7-5-9(14)8(2)11-10(15)6-13(3,4)12(7)11/h5,10H,6H2,1-4H3. The van der Waals surface area contributed by atoms with Gasteiger partial charge >= 0.3 is 0 Å². The molecule has 0 spiro atoms. The van der Waals surface area contributed by atoms with E-state index in [-0.39, 0.29) is 10.8 Å². The van der Waals surface area contributed by atoms with Gasteiger partial charge < -0.3 is 0 Å². The normalized spacial score (nSPS) is 22.9. The van der Waals surface area contributed by atoms with E-state index in [9.17, 15) is 0 Å². The van der Waals surface area contributed by atoms with Crippen LogP contribution >= 0.6 is 27.5 Å². The maximum Gasteiger partial charge on any atom is 0.0599 e. The maximum absolute atomic E-state index is 6.46. The number of rotatable bonds is 0. The topological polar surface area (TPSA) is 0 Å². The number of hydrogen-bond donors (Lipinski definition) is 0. The average molecular weight is 288 g/mol. The molecule has 1 aliphatic carbocycles. The van der Waals surface area contributed by atoms with E-state index < -0.39 is 0 Å². The largest absolute Gasteiger partial charge is 0.118 e. The molecule has 82 valence electrons. The zero-order valence-corrected chi connectivity index (χ0v) is 12.0. The fourth-order valence-corrected chi connectivity index (χ4v) is 4.06. The Morgan fingerprint density at radius 2 is 2.00 bits per heavy atom. The van der Waals surface area contributed by atoms with Crippen molar-refractivity contribution in [2.45, 2.75) is 44.9 Å². The Hall–Kier alpha value is -0.0100. The fraction of sp³-hybridized carbons (Fsp3) is 0.538. The molecule has 1 atom stereocenters. The number of halogens is 2. The lowest BCUT2D eigenvalue weighted by Crippen LogP contribution is -2.13. The van der Waals surface area contributed by atoms with Crippen LogP contribution in [0.1, 0.15) is 47.9 Å². The predicted octanol–water partition coefficient (Wildman–Crippen LogP) is 5.03. The minimum atomic E-state index is 0.172. The molecule has 0 bridgehead atoms. The third kappa shape index (κ3) is 1.64. The molecule has 0 amide bonds. The van der Waals surface area contributed by atoms with Crippen LogP contribution in [0.25, 0.3) is 0 Å². The second-order valence-corrected chi connectivity index (χ2v) is 6.53. The highest BCUT2D eigenvalue weighted by Gasteiger charge is 2.38. The molecule has 2 rings (SSSR count). The lowest BCUT2D eigenvalue weighted by Gasteiger charge is -2.22. The van der Waals surface area contributed by atoms with Gasteiger partial charge in [-0.1, -0.05) is 29.8 Å². The zero-order valence-electron chi connectivity index (χ0n) is 9.62. The highest BCUT2D eigenvalue weighted by Crippen LogP contribution is 2.51. The second-order valence-electron chi connectivity index (χ2n) is 5.14. The molecular formula is C13H16BrCl. The molecular weight excluding hydrogens is 272 g/mol. The smallest absolute Gasteiger partial charge is 0.0599 e. The van der Waals surface area contributed by atoms with E-state index in [0.717, 1.165) is 6.42 Å². The lowest BCUT2D eigenvalue weighted by atomic mass is 9.83. The number of fused-ring (bicyclic) bond motifs is 1. The van der Waals surface area contributed by atoms with Crippen molar-refractivity contribution in [1.29, 1.82) is 0 Å². The Balaban J connectivity index is 2.78. The van der Waals surface area contributed by atoms with Crippen molar-refractivity contribution in [2.24, 2.45) is 0 Å². The van der Waals surface area contributed by atoms with Gasteiger partial charge in [-0.25, -0.2) is 0 Å². The molecule has 2 heteroatoms. The van der Waals surface area contributed by atoms with E-state index in [2.05, 4.69) is 49.7 Å². The van der Waals surface area contributed by atoms with Crippen molar-refractivity contribution >= 4 is 27.5 Å². The molecule has 0 aliphatic heterocycles. The summed E-state index contributed by atoms with van der Waals surface area (Å²) in [5, 5.41) is 0.172. The van der Waals surface area contributed by atoms with E-state index in [0.29, 0.717) is 0 Å². The van der Waals surface area contributed by atoms with Crippen LogP contribution in [0.3, 0.4) is 0 Å². The molecule has 0 radical (unpaired) electrons. The van der Waals surface area contributed by atoms with Gasteiger partial charge in [-0.15, -0.1) is 11.6 Å². The molecule has 1 aliphatic rings. The van der Waals surface area contributed by atoms with Gasteiger partial charge in [0.2, 0.25) is 0 Å². The first kappa shape index (κ1) is 11.5. The summed E-state index contributed by atoms with van der Waals surface area (Å²) in [6, 6.07) is 2.21. The van der Waals surface area contributed by atoms with Crippen LogP contribution in [0.2, 0.25) is 0 Å². The van der Waals surface area contributed by atoms with E-state index in [4.69, 9.17) is 11.6 Å². The highest BCUT2D eigenvalue weighted by atomic mass is 79.9. The number of benzene rings is 1. The molecule has 1 unspecified atom stereocenters. The fourth-order valence-electron chi connectivity index (χ4n) is 2.84. The van der Waals surface area contributed by atoms with Gasteiger partial charge in [0.15, 0.2) is 0 Å². The summed E-state index contributed by atoms with van der Waals surface area (Å²) in [4.78, 5) is 0. The monoisotopic (exact) mass is 286 g/mol. The molecule has 1 aromatic rings. The van der Waals surface area contributed by atoms with E-state index >= 15 is 0 Å². The van der Waals surface area contributed by atoms with Crippen LogP contribution < -0.4 is 0 Å². The molecule has 0 saturated carbocycles. The zero-order chi connectivity index (χ0) is 11.4. The highest BCUT2D eigenvalue weighted by molar-refractivity contribution is 9.10. The summed E-state index contributed by atoms with van der Waals surface area (Å²) in [5.41, 5.74) is 5.70. The van der Waals surface area contributed by atoms with Gasteiger partial charge in [0.25, 0.3) is 0 Å². The van der Waals surface area contributed by atoms with Crippen LogP contribution in [-0.4, -0.2) is 0 Å². The lowest BCUT2D eigenvalue weighted by molar-refractivity contribution is 0.514. The Kier molecular flexibility index (Phi) is 2.67. The summed E-state index contributed by atoms with van der Waals surface area (Å²) in [5.74, 6) is 0. The van der Waals surface area contributed by atoms with Gasteiger partial charge in [0.05, 0.1) is 5.38 Å². The first-order valence-electron chi connectivity index (χ1n) is 5.29. The second kappa shape index (κ2) is 3.49. The summed E-state index contributed by atoms with van der Waals surface area (Å²) in [6.07, 6.45) is 1.04. The van der Waals surface area contributed by atoms with Gasteiger partial charge in [-0.2, -0.15) is 0 Å². The summed E-state index contributed by atoms with van der Waals surface area (Å²) >= 11 is 10.1. The summed E-state index contributed by atoms with van der Waals surface area (Å²) < 4.78 is 1.18. The van der Waals surface area contributed by atoms with E-state index in [1.165, 1.54) is 26.7 Å². The molecule has 0 aromatic heterocycles. The maximum atomic E-state index is 6.46. The quantitative estimate of drug-likeness (QED) is 0.587. The van der Waals surface area contributed by atoms with Crippen molar-refractivity contribution in [3.05, 3.63) is 32.8 Å². The number of aryl methyl sites for hydroxylation is 1. The third-order valence-electron chi connectivity index (χ3n) is 3.45. The number of alkyl halides is 1. The van der Waals surface area contributed by atoms with Crippen molar-refractivity contribution in [3.63, 3.8) is 0 Å². The Labute approximate surface area is 105 Å². The Morgan fingerprint density at radius 1 is 1.40 bits per heavy atom. The van der Waals surface area contributed by atoms with Crippen molar-refractivity contribution in [1.82, 2.24) is 0 Å². The predicted molar refractivity (Wildman–Crippen MR) is 69.9 cm³/mol. The van der Waals surface area contributed by atoms with Crippen LogP contribution in [0.4, 0.5) is 0 Å². The van der Waals surface area contributed by atoms with Crippen LogP contribution in [0.15, 0.2) is 10.5 Å². The molecule has 0 fully saturated rings. The van der Waals surface area contributed by atoms with Gasteiger partial charge in [-0.3, -0.25) is 0 Å². The average Bonchev–Trinajstić information content (AvgIpc) is 2.32. The van der Waals surface area contributed by atoms with E-state index in [1.54, 1.807) is 0 Å². The van der Waals surface area contributed by atoms with Crippen molar-refractivity contribution < 1.29 is 0 Å². The van der Waals surface area contributed by atoms with Gasteiger partial charge in [0.1, 0.15) is 0 Å². The summed E-state index contributed by atoms with van der Waals surface area (Å²) in [6.45, 7) is 8.90. The summed E-state index contributed by atoms with van der Waals surface area (Å²) in [7, 11) is 0. The first-order chi connectivity index (χ1) is 6.84. The van der Waals surface area contributed by atoms with E-state index in [1.807, 2.05) is 0 Å². The van der Waals surface area contributed by atoms with Crippen molar-refractivity contribution in [3.8, 4) is 0 Å². The van der Waals surface area contributed by atoms with Gasteiger partial charge in [-0.05, 0) is 54.0 Å². The molecule has 0 N–H and O–H groups in total. The van der Waals surface area contributed by atoms with Crippen molar-refractivity contribution in [2.75, 3.05) is 0 Å².